The van der Waals surface area contributed by atoms with Gasteiger partial charge in [-0.25, -0.2) is 0 Å². The molecule has 2 rings (SSSR count). The lowest BCUT2D eigenvalue weighted by Gasteiger charge is -2.15. The van der Waals surface area contributed by atoms with Crippen LogP contribution in [0.15, 0.2) is 42.5 Å². The van der Waals surface area contributed by atoms with Crippen molar-refractivity contribution in [3.8, 4) is 5.75 Å². The Labute approximate surface area is 150 Å². The molecule has 1 N–H and O–H groups in total. The minimum absolute atomic E-state index is 0.210. The van der Waals surface area contributed by atoms with Gasteiger partial charge in [-0.1, -0.05) is 46.9 Å². The number of hydrogen-bond acceptors (Lipinski definition) is 2. The van der Waals surface area contributed by atoms with Crippen LogP contribution in [0.3, 0.4) is 0 Å². The summed E-state index contributed by atoms with van der Waals surface area (Å²) in [5.74, 6) is 0.214. The fraction of sp³-hybridized carbons (Fsp3) is 0.235. The van der Waals surface area contributed by atoms with Crippen LogP contribution in [0.2, 0.25) is 15.1 Å². The highest BCUT2D eigenvalue weighted by Crippen LogP contribution is 2.28. The highest BCUT2D eigenvalue weighted by atomic mass is 35.5. The molecule has 2 aromatic carbocycles. The molecule has 0 fully saturated rings. The van der Waals surface area contributed by atoms with E-state index in [1.807, 2.05) is 24.3 Å². The van der Waals surface area contributed by atoms with Crippen LogP contribution in [0.4, 0.5) is 0 Å². The molecule has 3 nitrogen and oxygen atoms in total. The van der Waals surface area contributed by atoms with Crippen molar-refractivity contribution in [1.29, 1.82) is 0 Å². The molecule has 0 aromatic heterocycles. The van der Waals surface area contributed by atoms with E-state index in [-0.39, 0.29) is 5.91 Å². The molecule has 1 atom stereocenters. The molecule has 0 aliphatic heterocycles. The molecule has 23 heavy (non-hydrogen) atoms. The van der Waals surface area contributed by atoms with Crippen LogP contribution in [0, 0.1) is 0 Å². The monoisotopic (exact) mass is 371 g/mol. The summed E-state index contributed by atoms with van der Waals surface area (Å²) in [5.41, 5.74) is 1.06. The van der Waals surface area contributed by atoms with Crippen LogP contribution < -0.4 is 10.1 Å². The first-order chi connectivity index (χ1) is 11.0. The Morgan fingerprint density at radius 2 is 1.87 bits per heavy atom. The number of benzene rings is 2. The Kier molecular flexibility index (Phi) is 6.58. The molecular formula is C17H16Cl3NO2. The highest BCUT2D eigenvalue weighted by Gasteiger charge is 2.15. The summed E-state index contributed by atoms with van der Waals surface area (Å²) in [6, 6.07) is 12.4. The van der Waals surface area contributed by atoms with Gasteiger partial charge in [-0.15, -0.1) is 0 Å². The molecule has 0 aliphatic rings. The Balaban J connectivity index is 1.83. The third kappa shape index (κ3) is 5.61. The van der Waals surface area contributed by atoms with Gasteiger partial charge in [0.25, 0.3) is 5.91 Å². The SMILES string of the molecule is C[C@H](Oc1ccc(Cl)cc1Cl)C(=O)NCCc1cccc(Cl)c1. The highest BCUT2D eigenvalue weighted by molar-refractivity contribution is 6.35. The van der Waals surface area contributed by atoms with E-state index in [0.29, 0.717) is 33.8 Å². The largest absolute Gasteiger partial charge is 0.479 e. The molecule has 2 aromatic rings. The summed E-state index contributed by atoms with van der Waals surface area (Å²) in [6.07, 6.45) is 0.0359. The zero-order valence-corrected chi connectivity index (χ0v) is 14.8. The van der Waals surface area contributed by atoms with Gasteiger partial charge in [-0.05, 0) is 49.2 Å². The third-order valence-electron chi connectivity index (χ3n) is 3.17. The molecule has 0 radical (unpaired) electrons. The van der Waals surface area contributed by atoms with Gasteiger partial charge in [-0.3, -0.25) is 4.79 Å². The molecule has 122 valence electrons. The summed E-state index contributed by atoms with van der Waals surface area (Å²) < 4.78 is 5.56. The van der Waals surface area contributed by atoms with Gasteiger partial charge in [0.05, 0.1) is 5.02 Å². The number of hydrogen-bond donors (Lipinski definition) is 1. The van der Waals surface area contributed by atoms with E-state index in [4.69, 9.17) is 39.5 Å². The van der Waals surface area contributed by atoms with E-state index in [1.165, 1.54) is 0 Å². The normalized spacial score (nSPS) is 11.8. The summed E-state index contributed by atoms with van der Waals surface area (Å²) in [6.45, 7) is 2.17. The zero-order valence-electron chi connectivity index (χ0n) is 12.5. The topological polar surface area (TPSA) is 38.3 Å². The van der Waals surface area contributed by atoms with Crippen LogP contribution in [-0.2, 0) is 11.2 Å². The molecular weight excluding hydrogens is 357 g/mol. The van der Waals surface area contributed by atoms with Gasteiger partial charge >= 0.3 is 0 Å². The Morgan fingerprint density at radius 3 is 2.57 bits per heavy atom. The van der Waals surface area contributed by atoms with E-state index < -0.39 is 6.10 Å². The molecule has 0 heterocycles. The molecule has 0 spiro atoms. The predicted molar refractivity (Wildman–Crippen MR) is 94.7 cm³/mol. The van der Waals surface area contributed by atoms with Gasteiger partial charge in [-0.2, -0.15) is 0 Å². The zero-order chi connectivity index (χ0) is 16.8. The fourth-order valence-electron chi connectivity index (χ4n) is 1.98. The molecule has 0 aliphatic carbocycles. The number of ether oxygens (including phenoxy) is 1. The van der Waals surface area contributed by atoms with Crippen molar-refractivity contribution in [2.45, 2.75) is 19.4 Å². The lowest BCUT2D eigenvalue weighted by Crippen LogP contribution is -2.37. The van der Waals surface area contributed by atoms with Crippen molar-refractivity contribution in [3.63, 3.8) is 0 Å². The van der Waals surface area contributed by atoms with Gasteiger partial charge in [0.2, 0.25) is 0 Å². The molecule has 0 saturated heterocycles. The van der Waals surface area contributed by atoms with Gasteiger partial charge in [0.15, 0.2) is 6.10 Å². The van der Waals surface area contributed by atoms with E-state index in [2.05, 4.69) is 5.32 Å². The van der Waals surface area contributed by atoms with E-state index in [1.54, 1.807) is 25.1 Å². The average Bonchev–Trinajstić information content (AvgIpc) is 2.50. The van der Waals surface area contributed by atoms with Crippen LogP contribution >= 0.6 is 34.8 Å². The second kappa shape index (κ2) is 8.44. The maximum atomic E-state index is 12.1. The summed E-state index contributed by atoms with van der Waals surface area (Å²) in [7, 11) is 0. The third-order valence-corrected chi connectivity index (χ3v) is 3.93. The second-order valence-electron chi connectivity index (χ2n) is 5.01. The molecule has 0 saturated carbocycles. The maximum Gasteiger partial charge on any atom is 0.260 e. The molecule has 1 amide bonds. The molecule has 0 unspecified atom stereocenters. The standard InChI is InChI=1S/C17H16Cl3NO2/c1-11(23-16-6-5-14(19)10-15(16)20)17(22)21-8-7-12-3-2-4-13(18)9-12/h2-6,9-11H,7-8H2,1H3,(H,21,22)/t11-/m0/s1. The minimum Gasteiger partial charge on any atom is -0.479 e. The quantitative estimate of drug-likeness (QED) is 0.793. The van der Waals surface area contributed by atoms with Crippen LogP contribution in [0.25, 0.3) is 0 Å². The Morgan fingerprint density at radius 1 is 1.13 bits per heavy atom. The van der Waals surface area contributed by atoms with Crippen molar-refractivity contribution < 1.29 is 9.53 Å². The van der Waals surface area contributed by atoms with E-state index >= 15 is 0 Å². The number of rotatable bonds is 6. The predicted octanol–water partition coefficient (Wildman–Crippen LogP) is 4.77. The van der Waals surface area contributed by atoms with Crippen molar-refractivity contribution in [1.82, 2.24) is 5.32 Å². The first kappa shape index (κ1) is 17.9. The molecule has 6 heteroatoms. The molecule has 0 bridgehead atoms. The van der Waals surface area contributed by atoms with Crippen LogP contribution in [-0.4, -0.2) is 18.6 Å². The van der Waals surface area contributed by atoms with E-state index in [9.17, 15) is 4.79 Å². The smallest absolute Gasteiger partial charge is 0.260 e. The van der Waals surface area contributed by atoms with E-state index in [0.717, 1.165) is 5.56 Å². The van der Waals surface area contributed by atoms with Crippen molar-refractivity contribution in [2.24, 2.45) is 0 Å². The first-order valence-corrected chi connectivity index (χ1v) is 8.23. The second-order valence-corrected chi connectivity index (χ2v) is 6.29. The van der Waals surface area contributed by atoms with Crippen LogP contribution in [0.5, 0.6) is 5.75 Å². The number of carbonyl (C=O) groups excluding carboxylic acids is 1. The van der Waals surface area contributed by atoms with Gasteiger partial charge < -0.3 is 10.1 Å². The summed E-state index contributed by atoms with van der Waals surface area (Å²) >= 11 is 17.8. The van der Waals surface area contributed by atoms with Gasteiger partial charge in [0.1, 0.15) is 5.75 Å². The average molecular weight is 373 g/mol. The number of amides is 1. The van der Waals surface area contributed by atoms with Crippen LogP contribution in [0.1, 0.15) is 12.5 Å². The lowest BCUT2D eigenvalue weighted by atomic mass is 10.1. The maximum absolute atomic E-state index is 12.1. The van der Waals surface area contributed by atoms with Crippen molar-refractivity contribution >= 4 is 40.7 Å². The van der Waals surface area contributed by atoms with Crippen molar-refractivity contribution in [2.75, 3.05) is 6.54 Å². The van der Waals surface area contributed by atoms with Crippen molar-refractivity contribution in [3.05, 3.63) is 63.1 Å². The number of carbonyl (C=O) groups is 1. The number of nitrogens with one attached hydrogen (secondary N) is 1. The Hall–Kier alpha value is -1.42. The first-order valence-electron chi connectivity index (χ1n) is 7.09. The summed E-state index contributed by atoms with van der Waals surface area (Å²) in [4.78, 5) is 12.1. The van der Waals surface area contributed by atoms with Gasteiger partial charge in [0, 0.05) is 16.6 Å². The summed E-state index contributed by atoms with van der Waals surface area (Å²) in [5, 5.41) is 4.39. The lowest BCUT2D eigenvalue weighted by molar-refractivity contribution is -0.127. The Bertz CT molecular complexity index is 691. The number of halogens is 3. The minimum atomic E-state index is -0.659. The fourth-order valence-corrected chi connectivity index (χ4v) is 2.65.